The van der Waals surface area contributed by atoms with E-state index in [1.807, 2.05) is 26.0 Å². The molecule has 2 amide bonds. The predicted molar refractivity (Wildman–Crippen MR) is 111 cm³/mol. The lowest BCUT2D eigenvalue weighted by atomic mass is 10.1. The fraction of sp³-hybridized carbons (Fsp3) is 0.391. The number of carbonyl (C=O) groups is 2. The number of aryl methyl sites for hydroxylation is 2. The van der Waals surface area contributed by atoms with Crippen molar-refractivity contribution in [3.05, 3.63) is 64.7 Å². The Hall–Kier alpha value is -2.86. The van der Waals surface area contributed by atoms with Crippen molar-refractivity contribution in [1.82, 2.24) is 10.2 Å². The van der Waals surface area contributed by atoms with Crippen molar-refractivity contribution < 1.29 is 19.4 Å². The number of phenolic OH excluding ortho intramolecular Hbond substituents is 1. The predicted octanol–water partition coefficient (Wildman–Crippen LogP) is 2.95. The normalized spacial score (nSPS) is 15.9. The maximum absolute atomic E-state index is 12.9. The zero-order valence-electron chi connectivity index (χ0n) is 17.0. The highest BCUT2D eigenvalue weighted by Crippen LogP contribution is 2.20. The van der Waals surface area contributed by atoms with Crippen molar-refractivity contribution in [3.63, 3.8) is 0 Å². The molecular formula is C23H28N2O4. The number of phenols is 1. The van der Waals surface area contributed by atoms with Crippen molar-refractivity contribution in [2.24, 2.45) is 0 Å². The molecule has 6 heteroatoms. The van der Waals surface area contributed by atoms with E-state index < -0.39 is 0 Å². The molecule has 1 aliphatic heterocycles. The zero-order chi connectivity index (χ0) is 20.8. The van der Waals surface area contributed by atoms with Crippen LogP contribution in [0.25, 0.3) is 0 Å². The van der Waals surface area contributed by atoms with E-state index in [-0.39, 0.29) is 36.8 Å². The van der Waals surface area contributed by atoms with E-state index in [1.54, 1.807) is 35.2 Å². The molecule has 1 atom stereocenters. The molecule has 29 heavy (non-hydrogen) atoms. The molecule has 0 bridgehead atoms. The van der Waals surface area contributed by atoms with Gasteiger partial charge in [0.05, 0.1) is 12.6 Å². The summed E-state index contributed by atoms with van der Waals surface area (Å²) in [6.45, 7) is 5.17. The summed E-state index contributed by atoms with van der Waals surface area (Å²) in [6, 6.07) is 12.6. The maximum atomic E-state index is 12.9. The van der Waals surface area contributed by atoms with E-state index >= 15 is 0 Å². The third-order valence-electron chi connectivity index (χ3n) is 5.04. The molecule has 1 saturated heterocycles. The van der Waals surface area contributed by atoms with E-state index in [4.69, 9.17) is 4.74 Å². The van der Waals surface area contributed by atoms with Gasteiger partial charge < -0.3 is 20.1 Å². The van der Waals surface area contributed by atoms with E-state index in [2.05, 4.69) is 5.32 Å². The molecule has 1 aliphatic rings. The van der Waals surface area contributed by atoms with Gasteiger partial charge in [0, 0.05) is 30.8 Å². The van der Waals surface area contributed by atoms with E-state index in [9.17, 15) is 14.7 Å². The van der Waals surface area contributed by atoms with Gasteiger partial charge in [0.2, 0.25) is 5.91 Å². The number of hydrogen-bond donors (Lipinski definition) is 2. The van der Waals surface area contributed by atoms with Crippen LogP contribution >= 0.6 is 0 Å². The second-order valence-electron chi connectivity index (χ2n) is 7.60. The van der Waals surface area contributed by atoms with Crippen LogP contribution in [0, 0.1) is 13.8 Å². The molecule has 0 saturated carbocycles. The summed E-state index contributed by atoms with van der Waals surface area (Å²) in [6.07, 6.45) is 1.87. The van der Waals surface area contributed by atoms with Crippen LogP contribution in [0.15, 0.2) is 42.5 Å². The number of hydrogen-bond acceptors (Lipinski definition) is 4. The topological polar surface area (TPSA) is 78.9 Å². The van der Waals surface area contributed by atoms with Crippen LogP contribution < -0.4 is 5.32 Å². The van der Waals surface area contributed by atoms with Crippen molar-refractivity contribution in [2.45, 2.75) is 39.3 Å². The largest absolute Gasteiger partial charge is 0.508 e. The average molecular weight is 396 g/mol. The molecule has 0 aromatic heterocycles. The number of ether oxygens (including phenoxy) is 1. The van der Waals surface area contributed by atoms with Gasteiger partial charge in [-0.15, -0.1) is 0 Å². The minimum absolute atomic E-state index is 0.0140. The first-order valence-electron chi connectivity index (χ1n) is 9.95. The van der Waals surface area contributed by atoms with Crippen LogP contribution in [0.4, 0.5) is 0 Å². The molecule has 6 nitrogen and oxygen atoms in total. The summed E-state index contributed by atoms with van der Waals surface area (Å²) < 4.78 is 5.68. The number of nitrogens with zero attached hydrogens (tertiary/aromatic N) is 1. The lowest BCUT2D eigenvalue weighted by molar-refractivity contribution is -0.132. The van der Waals surface area contributed by atoms with Gasteiger partial charge >= 0.3 is 0 Å². The number of para-hydroxylation sites is 1. The molecule has 0 spiro atoms. The Kier molecular flexibility index (Phi) is 6.88. The van der Waals surface area contributed by atoms with Crippen LogP contribution in [0.3, 0.4) is 0 Å². The quantitative estimate of drug-likeness (QED) is 0.754. The highest BCUT2D eigenvalue weighted by atomic mass is 16.5. The molecule has 0 aliphatic carbocycles. The van der Waals surface area contributed by atoms with Crippen LogP contribution in [-0.4, -0.2) is 47.6 Å². The zero-order valence-corrected chi connectivity index (χ0v) is 17.0. The minimum Gasteiger partial charge on any atom is -0.508 e. The van der Waals surface area contributed by atoms with Crippen molar-refractivity contribution in [2.75, 3.05) is 19.7 Å². The SMILES string of the molecule is Cc1cc(C)cc(C(=O)NCC(=O)N(Cc2ccccc2O)CC2CCCO2)c1. The van der Waals surface area contributed by atoms with Crippen molar-refractivity contribution in [3.8, 4) is 5.75 Å². The van der Waals surface area contributed by atoms with E-state index in [0.717, 1.165) is 24.0 Å². The first kappa shape index (κ1) is 20.9. The fourth-order valence-electron chi connectivity index (χ4n) is 3.61. The summed E-state index contributed by atoms with van der Waals surface area (Å²) in [5, 5.41) is 12.8. The number of nitrogens with one attached hydrogen (secondary N) is 1. The van der Waals surface area contributed by atoms with E-state index in [1.165, 1.54) is 0 Å². The van der Waals surface area contributed by atoms with Gasteiger partial charge in [0.15, 0.2) is 0 Å². The highest BCUT2D eigenvalue weighted by Gasteiger charge is 2.24. The van der Waals surface area contributed by atoms with E-state index in [0.29, 0.717) is 24.3 Å². The molecule has 1 fully saturated rings. The Morgan fingerprint density at radius 1 is 1.17 bits per heavy atom. The summed E-state index contributed by atoms with van der Waals surface area (Å²) in [7, 11) is 0. The lowest BCUT2D eigenvalue weighted by Gasteiger charge is -2.26. The van der Waals surface area contributed by atoms with Crippen LogP contribution in [0.1, 0.15) is 39.9 Å². The first-order valence-corrected chi connectivity index (χ1v) is 9.95. The fourth-order valence-corrected chi connectivity index (χ4v) is 3.61. The van der Waals surface area contributed by atoms with Crippen LogP contribution in [0.5, 0.6) is 5.75 Å². The highest BCUT2D eigenvalue weighted by molar-refractivity contribution is 5.96. The second kappa shape index (κ2) is 9.56. The molecular weight excluding hydrogens is 368 g/mol. The number of rotatable bonds is 7. The number of amides is 2. The van der Waals surface area contributed by atoms with Gasteiger partial charge in [-0.05, 0) is 44.9 Å². The Labute approximate surface area is 171 Å². The number of carbonyl (C=O) groups excluding carboxylic acids is 2. The smallest absolute Gasteiger partial charge is 0.251 e. The molecule has 2 aromatic rings. The Morgan fingerprint density at radius 3 is 2.55 bits per heavy atom. The van der Waals surface area contributed by atoms with Crippen LogP contribution in [-0.2, 0) is 16.1 Å². The summed E-state index contributed by atoms with van der Waals surface area (Å²) in [5.74, 6) is -0.330. The third-order valence-corrected chi connectivity index (χ3v) is 5.04. The summed E-state index contributed by atoms with van der Waals surface area (Å²) in [4.78, 5) is 27.0. The molecule has 1 heterocycles. The molecule has 154 valence electrons. The van der Waals surface area contributed by atoms with Crippen molar-refractivity contribution >= 4 is 11.8 Å². The van der Waals surface area contributed by atoms with Gasteiger partial charge in [0.25, 0.3) is 5.91 Å². The Bertz CT molecular complexity index is 855. The molecule has 2 N–H and O–H groups in total. The molecule has 3 rings (SSSR count). The lowest BCUT2D eigenvalue weighted by Crippen LogP contribution is -2.43. The number of aromatic hydroxyl groups is 1. The Morgan fingerprint density at radius 2 is 1.90 bits per heavy atom. The summed E-state index contributed by atoms with van der Waals surface area (Å²) >= 11 is 0. The standard InChI is InChI=1S/C23H28N2O4/c1-16-10-17(2)12-19(11-16)23(28)24-13-22(27)25(15-20-7-5-9-29-20)14-18-6-3-4-8-21(18)26/h3-4,6,8,10-12,20,26H,5,7,9,13-15H2,1-2H3,(H,24,28). The third kappa shape index (κ3) is 5.81. The summed E-state index contributed by atoms with van der Waals surface area (Å²) in [5.41, 5.74) is 3.21. The average Bonchev–Trinajstić information content (AvgIpc) is 3.19. The maximum Gasteiger partial charge on any atom is 0.251 e. The Balaban J connectivity index is 1.66. The van der Waals surface area contributed by atoms with Crippen molar-refractivity contribution in [1.29, 1.82) is 0 Å². The second-order valence-corrected chi connectivity index (χ2v) is 7.60. The number of benzene rings is 2. The monoisotopic (exact) mass is 396 g/mol. The molecule has 2 aromatic carbocycles. The molecule has 1 unspecified atom stereocenters. The minimum atomic E-state index is -0.273. The van der Waals surface area contributed by atoms with Crippen LogP contribution in [0.2, 0.25) is 0 Å². The van der Waals surface area contributed by atoms with Gasteiger partial charge in [-0.2, -0.15) is 0 Å². The van der Waals surface area contributed by atoms with Gasteiger partial charge in [0.1, 0.15) is 5.75 Å². The van der Waals surface area contributed by atoms with Gasteiger partial charge in [-0.1, -0.05) is 35.4 Å². The first-order chi connectivity index (χ1) is 13.9. The van der Waals surface area contributed by atoms with Gasteiger partial charge in [-0.25, -0.2) is 0 Å². The van der Waals surface area contributed by atoms with Gasteiger partial charge in [-0.3, -0.25) is 9.59 Å². The molecule has 0 radical (unpaired) electrons.